The van der Waals surface area contributed by atoms with E-state index < -0.39 is 5.91 Å². The summed E-state index contributed by atoms with van der Waals surface area (Å²) in [6, 6.07) is 13.5. The van der Waals surface area contributed by atoms with Gasteiger partial charge in [0.1, 0.15) is 11.6 Å². The molecule has 138 valence electrons. The first-order valence-corrected chi connectivity index (χ1v) is 8.12. The summed E-state index contributed by atoms with van der Waals surface area (Å²) < 4.78 is 18.8. The molecule has 0 aromatic heterocycles. The Labute approximate surface area is 151 Å². The van der Waals surface area contributed by atoms with Crippen LogP contribution < -0.4 is 15.8 Å². The smallest absolute Gasteiger partial charge is 0.255 e. The number of hydrogen-bond acceptors (Lipinski definition) is 4. The number of primary amides is 1. The SMILES string of the molecule is CN(CC(=O)NCc1ccc(OCC(N)=O)cc1)Cc1ccccc1F. The third kappa shape index (κ3) is 6.52. The molecule has 0 saturated heterocycles. The maximum atomic E-state index is 13.6. The van der Waals surface area contributed by atoms with E-state index in [0.717, 1.165) is 5.56 Å². The van der Waals surface area contributed by atoms with E-state index in [0.29, 0.717) is 24.4 Å². The zero-order valence-electron chi connectivity index (χ0n) is 14.6. The molecule has 0 unspecified atom stereocenters. The Kier molecular flexibility index (Phi) is 7.11. The van der Waals surface area contributed by atoms with Gasteiger partial charge in [-0.25, -0.2) is 4.39 Å². The Hall–Kier alpha value is -2.93. The van der Waals surface area contributed by atoms with Crippen LogP contribution in [0.25, 0.3) is 0 Å². The standard InChI is InChI=1S/C19H22FN3O3/c1-23(11-15-4-2-3-5-17(15)20)12-19(25)22-10-14-6-8-16(9-7-14)26-13-18(21)24/h2-9H,10-13H2,1H3,(H2,21,24)(H,22,25). The van der Waals surface area contributed by atoms with Crippen molar-refractivity contribution >= 4 is 11.8 Å². The summed E-state index contributed by atoms with van der Waals surface area (Å²) in [7, 11) is 1.76. The van der Waals surface area contributed by atoms with Crippen LogP contribution in [0, 0.1) is 5.82 Å². The van der Waals surface area contributed by atoms with Gasteiger partial charge in [0.2, 0.25) is 5.91 Å². The highest BCUT2D eigenvalue weighted by atomic mass is 19.1. The second-order valence-electron chi connectivity index (χ2n) is 5.94. The van der Waals surface area contributed by atoms with Crippen LogP contribution in [0.1, 0.15) is 11.1 Å². The van der Waals surface area contributed by atoms with E-state index in [9.17, 15) is 14.0 Å². The number of likely N-dealkylation sites (N-methyl/N-ethyl adjacent to an activating group) is 1. The Balaban J connectivity index is 1.75. The third-order valence-corrected chi connectivity index (χ3v) is 3.61. The van der Waals surface area contributed by atoms with E-state index in [1.165, 1.54) is 6.07 Å². The molecule has 0 spiro atoms. The van der Waals surface area contributed by atoms with Crippen LogP contribution in [-0.2, 0) is 22.7 Å². The third-order valence-electron chi connectivity index (χ3n) is 3.61. The van der Waals surface area contributed by atoms with E-state index in [1.807, 2.05) is 0 Å². The van der Waals surface area contributed by atoms with E-state index >= 15 is 0 Å². The molecule has 0 radical (unpaired) electrons. The van der Waals surface area contributed by atoms with Gasteiger partial charge in [0.05, 0.1) is 6.54 Å². The maximum Gasteiger partial charge on any atom is 0.255 e. The molecule has 0 fully saturated rings. The maximum absolute atomic E-state index is 13.6. The minimum atomic E-state index is -0.541. The van der Waals surface area contributed by atoms with Gasteiger partial charge in [-0.1, -0.05) is 30.3 Å². The minimum Gasteiger partial charge on any atom is -0.484 e. The minimum absolute atomic E-state index is 0.155. The van der Waals surface area contributed by atoms with Gasteiger partial charge in [-0.3, -0.25) is 14.5 Å². The quantitative estimate of drug-likeness (QED) is 0.710. The molecular weight excluding hydrogens is 337 g/mol. The van der Waals surface area contributed by atoms with Gasteiger partial charge in [-0.15, -0.1) is 0 Å². The molecule has 0 saturated carbocycles. The van der Waals surface area contributed by atoms with Crippen molar-refractivity contribution in [2.45, 2.75) is 13.1 Å². The molecule has 0 heterocycles. The van der Waals surface area contributed by atoms with Crippen LogP contribution in [-0.4, -0.2) is 36.9 Å². The topological polar surface area (TPSA) is 84.7 Å². The average molecular weight is 359 g/mol. The summed E-state index contributed by atoms with van der Waals surface area (Å²) in [4.78, 5) is 24.4. The van der Waals surface area contributed by atoms with Crippen molar-refractivity contribution in [2.24, 2.45) is 5.73 Å². The zero-order chi connectivity index (χ0) is 18.9. The number of rotatable bonds is 9. The van der Waals surface area contributed by atoms with Crippen LogP contribution in [0.3, 0.4) is 0 Å². The van der Waals surface area contributed by atoms with Gasteiger partial charge < -0.3 is 15.8 Å². The molecule has 0 bridgehead atoms. The molecule has 2 amide bonds. The molecule has 0 atom stereocenters. The van der Waals surface area contributed by atoms with E-state index in [-0.39, 0.29) is 24.9 Å². The summed E-state index contributed by atoms with van der Waals surface area (Å²) in [5.41, 5.74) is 6.45. The Bertz CT molecular complexity index is 750. The van der Waals surface area contributed by atoms with Crippen molar-refractivity contribution in [3.63, 3.8) is 0 Å². The summed E-state index contributed by atoms with van der Waals surface area (Å²) in [5.74, 6) is -0.444. The van der Waals surface area contributed by atoms with Crippen LogP contribution in [0.4, 0.5) is 4.39 Å². The van der Waals surface area contributed by atoms with E-state index in [2.05, 4.69) is 5.32 Å². The van der Waals surface area contributed by atoms with E-state index in [4.69, 9.17) is 10.5 Å². The first-order chi connectivity index (χ1) is 12.4. The number of ether oxygens (including phenoxy) is 1. The number of amides is 2. The summed E-state index contributed by atoms with van der Waals surface area (Å²) in [5, 5.41) is 2.81. The normalized spacial score (nSPS) is 10.6. The van der Waals surface area contributed by atoms with Gasteiger partial charge in [-0.05, 0) is 30.8 Å². The number of halogens is 1. The van der Waals surface area contributed by atoms with Gasteiger partial charge in [0, 0.05) is 18.7 Å². The number of carbonyl (C=O) groups excluding carboxylic acids is 2. The molecule has 6 nitrogen and oxygen atoms in total. The van der Waals surface area contributed by atoms with Crippen molar-refractivity contribution in [1.29, 1.82) is 0 Å². The van der Waals surface area contributed by atoms with Gasteiger partial charge in [0.25, 0.3) is 5.91 Å². The van der Waals surface area contributed by atoms with Crippen molar-refractivity contribution in [3.05, 3.63) is 65.5 Å². The second-order valence-corrected chi connectivity index (χ2v) is 5.94. The lowest BCUT2D eigenvalue weighted by molar-refractivity contribution is -0.122. The number of nitrogens with zero attached hydrogens (tertiary/aromatic N) is 1. The molecule has 0 aliphatic rings. The Morgan fingerprint density at radius 3 is 2.50 bits per heavy atom. The lowest BCUT2D eigenvalue weighted by atomic mass is 10.2. The van der Waals surface area contributed by atoms with Crippen LogP contribution in [0.15, 0.2) is 48.5 Å². The number of nitrogens with one attached hydrogen (secondary N) is 1. The second kappa shape index (κ2) is 9.53. The molecule has 2 rings (SSSR count). The first kappa shape index (κ1) is 19.4. The van der Waals surface area contributed by atoms with Crippen LogP contribution >= 0.6 is 0 Å². The molecule has 0 aliphatic heterocycles. The molecule has 0 aliphatic carbocycles. The van der Waals surface area contributed by atoms with E-state index in [1.54, 1.807) is 54.4 Å². The van der Waals surface area contributed by atoms with Gasteiger partial charge in [0.15, 0.2) is 6.61 Å². The predicted octanol–water partition coefficient (Wildman–Crippen LogP) is 1.44. The number of nitrogens with two attached hydrogens (primary N) is 1. The summed E-state index contributed by atoms with van der Waals surface area (Å²) in [6.45, 7) is 0.701. The lowest BCUT2D eigenvalue weighted by Gasteiger charge is -2.16. The van der Waals surface area contributed by atoms with Gasteiger partial charge in [-0.2, -0.15) is 0 Å². The molecule has 2 aromatic carbocycles. The predicted molar refractivity (Wildman–Crippen MR) is 95.7 cm³/mol. The van der Waals surface area contributed by atoms with Crippen LogP contribution in [0.2, 0.25) is 0 Å². The lowest BCUT2D eigenvalue weighted by Crippen LogP contribution is -2.34. The fraction of sp³-hybridized carbons (Fsp3) is 0.263. The van der Waals surface area contributed by atoms with Crippen molar-refractivity contribution in [3.8, 4) is 5.75 Å². The molecule has 7 heteroatoms. The monoisotopic (exact) mass is 359 g/mol. The average Bonchev–Trinajstić information content (AvgIpc) is 2.61. The largest absolute Gasteiger partial charge is 0.484 e. The van der Waals surface area contributed by atoms with Crippen molar-refractivity contribution < 1.29 is 18.7 Å². The highest BCUT2D eigenvalue weighted by molar-refractivity contribution is 5.78. The fourth-order valence-corrected chi connectivity index (χ4v) is 2.33. The van der Waals surface area contributed by atoms with Crippen molar-refractivity contribution in [1.82, 2.24) is 10.2 Å². The summed E-state index contributed by atoms with van der Waals surface area (Å²) in [6.07, 6.45) is 0. The molecule has 2 aromatic rings. The molecular formula is C19H22FN3O3. The van der Waals surface area contributed by atoms with Gasteiger partial charge >= 0.3 is 0 Å². The number of hydrogen-bond donors (Lipinski definition) is 2. The first-order valence-electron chi connectivity index (χ1n) is 8.12. The molecule has 26 heavy (non-hydrogen) atoms. The number of benzene rings is 2. The zero-order valence-corrected chi connectivity index (χ0v) is 14.6. The fourth-order valence-electron chi connectivity index (χ4n) is 2.33. The number of carbonyl (C=O) groups is 2. The Morgan fingerprint density at radius 2 is 1.85 bits per heavy atom. The summed E-state index contributed by atoms with van der Waals surface area (Å²) >= 11 is 0. The highest BCUT2D eigenvalue weighted by Crippen LogP contribution is 2.12. The highest BCUT2D eigenvalue weighted by Gasteiger charge is 2.09. The van der Waals surface area contributed by atoms with Crippen LogP contribution in [0.5, 0.6) is 5.75 Å². The van der Waals surface area contributed by atoms with Crippen molar-refractivity contribution in [2.75, 3.05) is 20.2 Å². The Morgan fingerprint density at radius 1 is 1.15 bits per heavy atom. The molecule has 3 N–H and O–H groups in total.